The fraction of sp³-hybridized carbons (Fsp3) is 0.304. The molecule has 0 aliphatic carbocycles. The molecule has 1 saturated heterocycles. The molecule has 0 atom stereocenters. The number of hydrogen-bond donors (Lipinski definition) is 1. The summed E-state index contributed by atoms with van der Waals surface area (Å²) >= 11 is 0. The maximum Gasteiger partial charge on any atom is 0.194 e. The number of aliphatic imine (C=N–C) groups is 1. The quantitative estimate of drug-likeness (QED) is 0.309. The Morgan fingerprint density at radius 1 is 1.03 bits per heavy atom. The number of benzene rings is 2. The van der Waals surface area contributed by atoms with Crippen LogP contribution in [0.4, 0.5) is 10.1 Å². The number of aromatic nitrogens is 2. The van der Waals surface area contributed by atoms with Crippen molar-refractivity contribution in [2.45, 2.75) is 13.1 Å². The normalized spacial score (nSPS) is 14.3. The van der Waals surface area contributed by atoms with Gasteiger partial charge in [-0.25, -0.2) is 9.37 Å². The Hall–Kier alpha value is -2.62. The van der Waals surface area contributed by atoms with Crippen LogP contribution in [0.3, 0.4) is 0 Å². The Kier molecular flexibility index (Phi) is 8.27. The van der Waals surface area contributed by atoms with Crippen molar-refractivity contribution in [3.8, 4) is 0 Å². The molecule has 2 aromatic carbocycles. The molecule has 1 aliphatic heterocycles. The van der Waals surface area contributed by atoms with E-state index >= 15 is 0 Å². The molecule has 6 nitrogen and oxygen atoms in total. The van der Waals surface area contributed by atoms with Gasteiger partial charge in [-0.3, -0.25) is 4.99 Å². The zero-order valence-corrected chi connectivity index (χ0v) is 19.9. The van der Waals surface area contributed by atoms with E-state index < -0.39 is 0 Å². The third kappa shape index (κ3) is 5.96. The van der Waals surface area contributed by atoms with Crippen LogP contribution in [0, 0.1) is 5.82 Å². The summed E-state index contributed by atoms with van der Waals surface area (Å²) in [7, 11) is 1.81. The number of nitrogens with zero attached hydrogens (tertiary/aromatic N) is 5. The van der Waals surface area contributed by atoms with Crippen LogP contribution in [-0.4, -0.2) is 53.6 Å². The predicted molar refractivity (Wildman–Crippen MR) is 134 cm³/mol. The third-order valence-corrected chi connectivity index (χ3v) is 5.38. The number of guanidine groups is 1. The second-order valence-corrected chi connectivity index (χ2v) is 7.38. The Balaban J connectivity index is 0.00000272. The van der Waals surface area contributed by atoms with Gasteiger partial charge < -0.3 is 19.7 Å². The van der Waals surface area contributed by atoms with Crippen LogP contribution >= 0.6 is 24.0 Å². The smallest absolute Gasteiger partial charge is 0.194 e. The van der Waals surface area contributed by atoms with Crippen molar-refractivity contribution in [3.63, 3.8) is 0 Å². The molecule has 1 aromatic heterocycles. The van der Waals surface area contributed by atoms with Gasteiger partial charge in [0.1, 0.15) is 5.82 Å². The van der Waals surface area contributed by atoms with Crippen LogP contribution in [0.5, 0.6) is 0 Å². The molecule has 0 spiro atoms. The highest BCUT2D eigenvalue weighted by Crippen LogP contribution is 2.20. The Bertz CT molecular complexity index is 966. The molecule has 8 heteroatoms. The van der Waals surface area contributed by atoms with Gasteiger partial charge in [0.2, 0.25) is 0 Å². The minimum absolute atomic E-state index is 0. The SMILES string of the molecule is CN=C(NCc1ccc(Cn2ccnc2)cc1)N1CCN(c2ccccc2F)CC1.I. The summed E-state index contributed by atoms with van der Waals surface area (Å²) in [6, 6.07) is 15.5. The van der Waals surface area contributed by atoms with E-state index in [1.54, 1.807) is 19.3 Å². The first-order valence-corrected chi connectivity index (χ1v) is 10.2. The number of imidazole rings is 1. The summed E-state index contributed by atoms with van der Waals surface area (Å²) < 4.78 is 16.1. The van der Waals surface area contributed by atoms with E-state index in [1.807, 2.05) is 24.7 Å². The second kappa shape index (κ2) is 11.1. The van der Waals surface area contributed by atoms with Crippen molar-refractivity contribution < 1.29 is 4.39 Å². The zero-order valence-electron chi connectivity index (χ0n) is 17.6. The van der Waals surface area contributed by atoms with Gasteiger partial charge in [0.15, 0.2) is 5.96 Å². The lowest BCUT2D eigenvalue weighted by molar-refractivity contribution is 0.370. The van der Waals surface area contributed by atoms with Crippen LogP contribution in [0.25, 0.3) is 0 Å². The molecule has 4 rings (SSSR count). The lowest BCUT2D eigenvalue weighted by atomic mass is 10.1. The number of halogens is 2. The monoisotopic (exact) mass is 534 g/mol. The molecule has 1 N–H and O–H groups in total. The van der Waals surface area contributed by atoms with Crippen molar-refractivity contribution in [1.82, 2.24) is 19.8 Å². The summed E-state index contributed by atoms with van der Waals surface area (Å²) in [4.78, 5) is 12.8. The highest BCUT2D eigenvalue weighted by atomic mass is 127. The van der Waals surface area contributed by atoms with Gasteiger partial charge in [-0.1, -0.05) is 36.4 Å². The number of nitrogens with one attached hydrogen (secondary N) is 1. The lowest BCUT2D eigenvalue weighted by Gasteiger charge is -2.37. The van der Waals surface area contributed by atoms with Gasteiger partial charge in [0.05, 0.1) is 12.0 Å². The molecule has 0 radical (unpaired) electrons. The summed E-state index contributed by atoms with van der Waals surface area (Å²) in [5, 5.41) is 3.45. The molecule has 0 bridgehead atoms. The summed E-state index contributed by atoms with van der Waals surface area (Å²) in [5.74, 6) is 0.718. The van der Waals surface area contributed by atoms with E-state index in [4.69, 9.17) is 0 Å². The molecule has 2 heterocycles. The number of para-hydroxylation sites is 1. The summed E-state index contributed by atoms with van der Waals surface area (Å²) in [5.41, 5.74) is 3.12. The second-order valence-electron chi connectivity index (χ2n) is 7.38. The maximum atomic E-state index is 14.0. The van der Waals surface area contributed by atoms with Gasteiger partial charge in [-0.05, 0) is 23.3 Å². The predicted octanol–water partition coefficient (Wildman–Crippen LogP) is 3.59. The Morgan fingerprint density at radius 2 is 1.74 bits per heavy atom. The number of hydrogen-bond acceptors (Lipinski definition) is 3. The molecule has 31 heavy (non-hydrogen) atoms. The average molecular weight is 534 g/mol. The van der Waals surface area contributed by atoms with E-state index in [0.29, 0.717) is 12.2 Å². The first kappa shape index (κ1) is 23.1. The van der Waals surface area contributed by atoms with Crippen molar-refractivity contribution in [2.24, 2.45) is 4.99 Å². The number of rotatable bonds is 5. The van der Waals surface area contributed by atoms with Crippen molar-refractivity contribution in [3.05, 3.63) is 84.2 Å². The number of piperazine rings is 1. The van der Waals surface area contributed by atoms with Crippen LogP contribution in [-0.2, 0) is 13.1 Å². The molecular formula is C23H28FIN6. The average Bonchev–Trinajstić information content (AvgIpc) is 3.29. The van der Waals surface area contributed by atoms with E-state index in [0.717, 1.165) is 38.7 Å². The molecule has 1 fully saturated rings. The molecule has 0 amide bonds. The van der Waals surface area contributed by atoms with Crippen molar-refractivity contribution >= 4 is 35.6 Å². The summed E-state index contributed by atoms with van der Waals surface area (Å²) in [6.45, 7) is 4.68. The largest absolute Gasteiger partial charge is 0.366 e. The maximum absolute atomic E-state index is 14.0. The first-order chi connectivity index (χ1) is 14.7. The highest BCUT2D eigenvalue weighted by molar-refractivity contribution is 14.0. The van der Waals surface area contributed by atoms with Crippen LogP contribution in [0.15, 0.2) is 72.2 Å². The fourth-order valence-corrected chi connectivity index (χ4v) is 3.73. The molecule has 3 aromatic rings. The summed E-state index contributed by atoms with van der Waals surface area (Å²) in [6.07, 6.45) is 5.58. The molecule has 164 valence electrons. The van der Waals surface area contributed by atoms with E-state index in [-0.39, 0.29) is 29.8 Å². The number of anilines is 1. The van der Waals surface area contributed by atoms with Gasteiger partial charge >= 0.3 is 0 Å². The molecule has 0 saturated carbocycles. The van der Waals surface area contributed by atoms with Gasteiger partial charge in [0.25, 0.3) is 0 Å². The Labute approximate surface area is 199 Å². The van der Waals surface area contributed by atoms with E-state index in [9.17, 15) is 4.39 Å². The minimum atomic E-state index is -0.162. The van der Waals surface area contributed by atoms with Gasteiger partial charge in [-0.2, -0.15) is 0 Å². The van der Waals surface area contributed by atoms with Gasteiger partial charge in [0, 0.05) is 58.7 Å². The minimum Gasteiger partial charge on any atom is -0.366 e. The van der Waals surface area contributed by atoms with Crippen LogP contribution < -0.4 is 10.2 Å². The van der Waals surface area contributed by atoms with E-state index in [1.165, 1.54) is 17.2 Å². The molecular weight excluding hydrogens is 506 g/mol. The van der Waals surface area contributed by atoms with E-state index in [2.05, 4.69) is 53.9 Å². The first-order valence-electron chi connectivity index (χ1n) is 10.2. The standard InChI is InChI=1S/C23H27FN6.HI/c1-25-23(30-14-12-29(13-15-30)22-5-3-2-4-21(22)24)27-16-19-6-8-20(9-7-19)17-28-11-10-26-18-28;/h2-11,18H,12-17H2,1H3,(H,25,27);1H. The molecule has 0 unspecified atom stereocenters. The Morgan fingerprint density at radius 3 is 2.39 bits per heavy atom. The topological polar surface area (TPSA) is 48.7 Å². The van der Waals surface area contributed by atoms with Crippen molar-refractivity contribution in [2.75, 3.05) is 38.1 Å². The molecule has 1 aliphatic rings. The third-order valence-electron chi connectivity index (χ3n) is 5.38. The van der Waals surface area contributed by atoms with Crippen LogP contribution in [0.2, 0.25) is 0 Å². The fourth-order valence-electron chi connectivity index (χ4n) is 3.73. The zero-order chi connectivity index (χ0) is 20.8. The lowest BCUT2D eigenvalue weighted by Crippen LogP contribution is -2.52. The highest BCUT2D eigenvalue weighted by Gasteiger charge is 2.21. The van der Waals surface area contributed by atoms with Crippen molar-refractivity contribution in [1.29, 1.82) is 0 Å². The van der Waals surface area contributed by atoms with Crippen LogP contribution in [0.1, 0.15) is 11.1 Å². The van der Waals surface area contributed by atoms with Gasteiger partial charge in [-0.15, -0.1) is 24.0 Å².